The van der Waals surface area contributed by atoms with Gasteiger partial charge >= 0.3 is 0 Å². The molecule has 0 amide bonds. The number of nitrogens with zero attached hydrogens (tertiary/aromatic N) is 2. The molecule has 1 aliphatic rings. The lowest BCUT2D eigenvalue weighted by Gasteiger charge is -2.30. The summed E-state index contributed by atoms with van der Waals surface area (Å²) in [4.78, 5) is 0. The summed E-state index contributed by atoms with van der Waals surface area (Å²) in [5.41, 5.74) is 0.924. The first-order valence-electron chi connectivity index (χ1n) is 6.88. The number of ether oxygens (including phenoxy) is 1. The molecule has 0 radical (unpaired) electrons. The number of methoxy groups -OCH3 is 1. The summed E-state index contributed by atoms with van der Waals surface area (Å²) in [7, 11) is -0.121. The van der Waals surface area contributed by atoms with Gasteiger partial charge in [0.25, 0.3) is 10.2 Å². The Labute approximate surface area is 121 Å². The molecule has 1 saturated heterocycles. The molecule has 0 saturated carbocycles. The van der Waals surface area contributed by atoms with Gasteiger partial charge in [0.15, 0.2) is 0 Å². The molecule has 1 aromatic rings. The van der Waals surface area contributed by atoms with Crippen LogP contribution in [-0.4, -0.2) is 44.3 Å². The first kappa shape index (κ1) is 15.3. The Kier molecular flexibility index (Phi) is 5.01. The normalized spacial score (nSPS) is 17.4. The average Bonchev–Trinajstić information content (AvgIpc) is 2.48. The van der Waals surface area contributed by atoms with Crippen molar-refractivity contribution in [3.63, 3.8) is 0 Å². The fourth-order valence-corrected chi connectivity index (χ4v) is 3.83. The number of piperidine rings is 1. The first-order chi connectivity index (χ1) is 9.54. The standard InChI is InChI=1S/C14H22N2O3S/c1-15(12-13-7-6-8-14(11-13)19-2)20(17,18)16-9-4-3-5-10-16/h6-8,11H,3-5,9-10,12H2,1-2H3. The molecule has 2 rings (SSSR count). The van der Waals surface area contributed by atoms with Crippen molar-refractivity contribution in [3.05, 3.63) is 29.8 Å². The van der Waals surface area contributed by atoms with Crippen LogP contribution in [0, 0.1) is 0 Å². The minimum Gasteiger partial charge on any atom is -0.497 e. The summed E-state index contributed by atoms with van der Waals surface area (Å²) in [6.45, 7) is 1.62. The molecule has 0 bridgehead atoms. The van der Waals surface area contributed by atoms with E-state index in [9.17, 15) is 8.42 Å². The van der Waals surface area contributed by atoms with Crippen LogP contribution in [0.15, 0.2) is 24.3 Å². The summed E-state index contributed by atoms with van der Waals surface area (Å²) in [6, 6.07) is 7.49. The fraction of sp³-hybridized carbons (Fsp3) is 0.571. The highest BCUT2D eigenvalue weighted by Gasteiger charge is 2.28. The predicted molar refractivity (Wildman–Crippen MR) is 78.8 cm³/mol. The zero-order valence-electron chi connectivity index (χ0n) is 12.1. The molecule has 0 aliphatic carbocycles. The number of benzene rings is 1. The zero-order chi connectivity index (χ0) is 14.6. The minimum atomic E-state index is -3.35. The van der Waals surface area contributed by atoms with Crippen LogP contribution in [0.3, 0.4) is 0 Å². The summed E-state index contributed by atoms with van der Waals surface area (Å²) in [5.74, 6) is 0.742. The van der Waals surface area contributed by atoms with E-state index in [1.807, 2.05) is 24.3 Å². The second-order valence-electron chi connectivity index (χ2n) is 5.08. The largest absolute Gasteiger partial charge is 0.497 e. The topological polar surface area (TPSA) is 49.9 Å². The van der Waals surface area contributed by atoms with Gasteiger partial charge in [0, 0.05) is 26.7 Å². The molecule has 1 aliphatic heterocycles. The number of rotatable bonds is 5. The predicted octanol–water partition coefficient (Wildman–Crippen LogP) is 1.86. The Morgan fingerprint density at radius 1 is 1.25 bits per heavy atom. The average molecular weight is 298 g/mol. The van der Waals surface area contributed by atoms with Gasteiger partial charge in [0.05, 0.1) is 7.11 Å². The molecular formula is C14H22N2O3S. The van der Waals surface area contributed by atoms with Crippen molar-refractivity contribution in [3.8, 4) is 5.75 Å². The van der Waals surface area contributed by atoms with Gasteiger partial charge < -0.3 is 4.74 Å². The molecule has 0 N–H and O–H groups in total. The van der Waals surface area contributed by atoms with E-state index in [0.29, 0.717) is 19.6 Å². The first-order valence-corrected chi connectivity index (χ1v) is 8.28. The van der Waals surface area contributed by atoms with E-state index in [0.717, 1.165) is 30.6 Å². The molecule has 20 heavy (non-hydrogen) atoms. The molecule has 0 aromatic heterocycles. The van der Waals surface area contributed by atoms with Gasteiger partial charge in [-0.05, 0) is 30.5 Å². The van der Waals surface area contributed by atoms with E-state index in [1.54, 1.807) is 18.5 Å². The van der Waals surface area contributed by atoms with Gasteiger partial charge in [-0.15, -0.1) is 0 Å². The highest BCUT2D eigenvalue weighted by Crippen LogP contribution is 2.19. The molecule has 1 heterocycles. The van der Waals surface area contributed by atoms with Crippen molar-refractivity contribution in [1.29, 1.82) is 0 Å². The van der Waals surface area contributed by atoms with Crippen LogP contribution < -0.4 is 4.74 Å². The molecule has 1 fully saturated rings. The van der Waals surface area contributed by atoms with Gasteiger partial charge in [0.1, 0.15) is 5.75 Å². The maximum Gasteiger partial charge on any atom is 0.282 e. The second-order valence-corrected chi connectivity index (χ2v) is 7.11. The van der Waals surface area contributed by atoms with Crippen LogP contribution in [0.4, 0.5) is 0 Å². The van der Waals surface area contributed by atoms with E-state index in [1.165, 1.54) is 4.31 Å². The third-order valence-electron chi connectivity index (χ3n) is 3.57. The van der Waals surface area contributed by atoms with Crippen LogP contribution in [0.5, 0.6) is 5.75 Å². The van der Waals surface area contributed by atoms with E-state index in [-0.39, 0.29) is 0 Å². The van der Waals surface area contributed by atoms with E-state index in [2.05, 4.69) is 0 Å². The summed E-state index contributed by atoms with van der Waals surface area (Å²) in [5, 5.41) is 0. The maximum absolute atomic E-state index is 12.5. The van der Waals surface area contributed by atoms with Gasteiger partial charge in [0.2, 0.25) is 0 Å². The van der Waals surface area contributed by atoms with Crippen LogP contribution in [-0.2, 0) is 16.8 Å². The molecule has 6 heteroatoms. The molecule has 1 aromatic carbocycles. The molecule has 112 valence electrons. The Bertz CT molecular complexity index is 539. The van der Waals surface area contributed by atoms with Gasteiger partial charge in [-0.3, -0.25) is 0 Å². The van der Waals surface area contributed by atoms with Gasteiger partial charge in [-0.1, -0.05) is 18.6 Å². The lowest BCUT2D eigenvalue weighted by Crippen LogP contribution is -2.43. The Morgan fingerprint density at radius 2 is 1.95 bits per heavy atom. The van der Waals surface area contributed by atoms with Crippen molar-refractivity contribution in [2.45, 2.75) is 25.8 Å². The highest BCUT2D eigenvalue weighted by atomic mass is 32.2. The van der Waals surface area contributed by atoms with Crippen LogP contribution >= 0.6 is 0 Å². The van der Waals surface area contributed by atoms with Crippen LogP contribution in [0.2, 0.25) is 0 Å². The lowest BCUT2D eigenvalue weighted by molar-refractivity contribution is 0.314. The Balaban J connectivity index is 2.07. The van der Waals surface area contributed by atoms with Crippen LogP contribution in [0.1, 0.15) is 24.8 Å². The van der Waals surface area contributed by atoms with E-state index >= 15 is 0 Å². The third kappa shape index (κ3) is 3.50. The molecule has 5 nitrogen and oxygen atoms in total. The SMILES string of the molecule is COc1cccc(CN(C)S(=O)(=O)N2CCCCC2)c1. The molecule has 0 spiro atoms. The quantitative estimate of drug-likeness (QED) is 0.833. The smallest absolute Gasteiger partial charge is 0.282 e. The highest BCUT2D eigenvalue weighted by molar-refractivity contribution is 7.86. The molecule has 0 atom stereocenters. The minimum absolute atomic E-state index is 0.357. The Morgan fingerprint density at radius 3 is 2.60 bits per heavy atom. The van der Waals surface area contributed by atoms with E-state index in [4.69, 9.17) is 4.74 Å². The molecular weight excluding hydrogens is 276 g/mol. The summed E-state index contributed by atoms with van der Waals surface area (Å²) < 4.78 is 33.1. The third-order valence-corrected chi connectivity index (χ3v) is 5.51. The summed E-state index contributed by atoms with van der Waals surface area (Å²) >= 11 is 0. The van der Waals surface area contributed by atoms with Crippen molar-refractivity contribution < 1.29 is 13.2 Å². The van der Waals surface area contributed by atoms with Gasteiger partial charge in [-0.2, -0.15) is 17.0 Å². The lowest BCUT2D eigenvalue weighted by atomic mass is 10.2. The van der Waals surface area contributed by atoms with Crippen LogP contribution in [0.25, 0.3) is 0 Å². The summed E-state index contributed by atoms with van der Waals surface area (Å²) in [6.07, 6.45) is 3.02. The maximum atomic E-state index is 12.5. The Hall–Kier alpha value is -1.11. The van der Waals surface area contributed by atoms with Crippen molar-refractivity contribution in [2.75, 3.05) is 27.2 Å². The van der Waals surface area contributed by atoms with E-state index < -0.39 is 10.2 Å². The molecule has 0 unspecified atom stereocenters. The van der Waals surface area contributed by atoms with Gasteiger partial charge in [-0.25, -0.2) is 0 Å². The van der Waals surface area contributed by atoms with Crippen molar-refractivity contribution in [2.24, 2.45) is 0 Å². The number of hydrogen-bond donors (Lipinski definition) is 0. The second kappa shape index (κ2) is 6.56. The monoisotopic (exact) mass is 298 g/mol. The fourth-order valence-electron chi connectivity index (χ4n) is 2.40. The number of hydrogen-bond acceptors (Lipinski definition) is 3. The zero-order valence-corrected chi connectivity index (χ0v) is 12.9. The van der Waals surface area contributed by atoms with Crippen molar-refractivity contribution >= 4 is 10.2 Å². The van der Waals surface area contributed by atoms with Crippen molar-refractivity contribution in [1.82, 2.24) is 8.61 Å².